The summed E-state index contributed by atoms with van der Waals surface area (Å²) in [6.45, 7) is 3.36. The molecule has 0 aliphatic carbocycles. The van der Waals surface area contributed by atoms with E-state index in [4.69, 9.17) is 18.9 Å². The third kappa shape index (κ3) is 4.02. The summed E-state index contributed by atoms with van der Waals surface area (Å²) in [6, 6.07) is 16.4. The van der Waals surface area contributed by atoms with Gasteiger partial charge >= 0.3 is 0 Å². The number of ether oxygens (including phenoxy) is 4. The van der Waals surface area contributed by atoms with Gasteiger partial charge in [0.05, 0.1) is 27.4 Å². The van der Waals surface area contributed by atoms with Crippen LogP contribution in [0.2, 0.25) is 0 Å². The number of rotatable bonds is 9. The molecule has 152 valence electrons. The Bertz CT molecular complexity index is 730. The van der Waals surface area contributed by atoms with Gasteiger partial charge in [0.25, 0.3) is 0 Å². The lowest BCUT2D eigenvalue weighted by atomic mass is 9.81. The van der Waals surface area contributed by atoms with Gasteiger partial charge in [-0.2, -0.15) is 0 Å². The lowest BCUT2D eigenvalue weighted by molar-refractivity contribution is -0.174. The summed E-state index contributed by atoms with van der Waals surface area (Å²) in [5.74, 6) is 0.658. The van der Waals surface area contributed by atoms with Crippen LogP contribution in [0.1, 0.15) is 37.3 Å². The Hall–Kier alpha value is -2.08. The van der Waals surface area contributed by atoms with Crippen molar-refractivity contribution in [3.8, 4) is 11.5 Å². The molecule has 5 heteroatoms. The Morgan fingerprint density at radius 2 is 1.61 bits per heavy atom. The van der Waals surface area contributed by atoms with Gasteiger partial charge in [-0.1, -0.05) is 37.3 Å². The fourth-order valence-corrected chi connectivity index (χ4v) is 4.04. The zero-order valence-corrected chi connectivity index (χ0v) is 17.3. The molecule has 1 heterocycles. The first-order chi connectivity index (χ1) is 13.6. The Morgan fingerprint density at radius 1 is 1.00 bits per heavy atom. The number of benzene rings is 2. The van der Waals surface area contributed by atoms with E-state index in [9.17, 15) is 0 Å². The smallest absolute Gasteiger partial charge is 0.195 e. The lowest BCUT2D eigenvalue weighted by Gasteiger charge is -2.37. The van der Waals surface area contributed by atoms with Crippen molar-refractivity contribution in [3.05, 3.63) is 59.7 Å². The summed E-state index contributed by atoms with van der Waals surface area (Å²) in [7, 11) is 5.33. The van der Waals surface area contributed by atoms with E-state index in [1.807, 2.05) is 31.3 Å². The fourth-order valence-electron chi connectivity index (χ4n) is 4.04. The number of nitrogens with one attached hydrogen (secondary N) is 1. The first-order valence-corrected chi connectivity index (χ1v) is 9.87. The molecule has 1 saturated heterocycles. The predicted octanol–water partition coefficient (Wildman–Crippen LogP) is 4.21. The molecule has 3 rings (SSSR count). The van der Waals surface area contributed by atoms with E-state index in [-0.39, 0.29) is 5.54 Å². The zero-order valence-electron chi connectivity index (χ0n) is 17.3. The monoisotopic (exact) mass is 385 g/mol. The van der Waals surface area contributed by atoms with Gasteiger partial charge in [-0.3, -0.25) is 0 Å². The van der Waals surface area contributed by atoms with Crippen molar-refractivity contribution < 1.29 is 18.9 Å². The van der Waals surface area contributed by atoms with Crippen LogP contribution in [-0.2, 0) is 20.8 Å². The molecule has 1 unspecified atom stereocenters. The van der Waals surface area contributed by atoms with Crippen molar-refractivity contribution in [2.75, 3.05) is 34.5 Å². The van der Waals surface area contributed by atoms with Crippen molar-refractivity contribution in [2.24, 2.45) is 0 Å². The van der Waals surface area contributed by atoms with E-state index in [1.165, 1.54) is 5.56 Å². The van der Waals surface area contributed by atoms with Gasteiger partial charge < -0.3 is 24.3 Å². The first kappa shape index (κ1) is 20.6. The molecule has 1 aliphatic rings. The fraction of sp³-hybridized carbons (Fsp3) is 0.478. The van der Waals surface area contributed by atoms with Gasteiger partial charge in [-0.15, -0.1) is 0 Å². The van der Waals surface area contributed by atoms with E-state index in [0.29, 0.717) is 19.6 Å². The molecule has 1 atom stereocenters. The molecule has 2 aromatic rings. The second-order valence-electron chi connectivity index (χ2n) is 7.10. The highest BCUT2D eigenvalue weighted by molar-refractivity contribution is 5.40. The SMILES string of the molecule is CCC(CCC1(c2cc(OC)cc(OC)c2)OCCO1)(NC)c1ccccc1. The average molecular weight is 386 g/mol. The van der Waals surface area contributed by atoms with E-state index in [2.05, 4.69) is 36.5 Å². The normalized spacial score (nSPS) is 17.9. The third-order valence-corrected chi connectivity index (χ3v) is 5.83. The molecule has 0 radical (unpaired) electrons. The van der Waals surface area contributed by atoms with Crippen LogP contribution in [0.3, 0.4) is 0 Å². The molecule has 0 saturated carbocycles. The van der Waals surface area contributed by atoms with Crippen molar-refractivity contribution in [3.63, 3.8) is 0 Å². The molecule has 0 amide bonds. The summed E-state index contributed by atoms with van der Waals surface area (Å²) >= 11 is 0. The van der Waals surface area contributed by atoms with E-state index >= 15 is 0 Å². The van der Waals surface area contributed by atoms with Crippen molar-refractivity contribution >= 4 is 0 Å². The second kappa shape index (κ2) is 8.95. The van der Waals surface area contributed by atoms with Gasteiger partial charge in [0.1, 0.15) is 11.5 Å². The topological polar surface area (TPSA) is 49.0 Å². The minimum atomic E-state index is -0.798. The molecule has 5 nitrogen and oxygen atoms in total. The van der Waals surface area contributed by atoms with Gasteiger partial charge in [-0.25, -0.2) is 0 Å². The molecule has 1 N–H and O–H groups in total. The molecule has 28 heavy (non-hydrogen) atoms. The summed E-state index contributed by atoms with van der Waals surface area (Å²) in [6.07, 6.45) is 2.54. The highest BCUT2D eigenvalue weighted by Crippen LogP contribution is 2.42. The van der Waals surface area contributed by atoms with Crippen LogP contribution >= 0.6 is 0 Å². The maximum absolute atomic E-state index is 6.18. The summed E-state index contributed by atoms with van der Waals surface area (Å²) in [4.78, 5) is 0. The van der Waals surface area contributed by atoms with Gasteiger partial charge in [-0.05, 0) is 37.6 Å². The zero-order chi connectivity index (χ0) is 20.0. The first-order valence-electron chi connectivity index (χ1n) is 9.87. The third-order valence-electron chi connectivity index (χ3n) is 5.83. The van der Waals surface area contributed by atoms with Crippen molar-refractivity contribution in [1.29, 1.82) is 0 Å². The maximum Gasteiger partial charge on any atom is 0.195 e. The Labute approximate surface area is 168 Å². The molecule has 0 bridgehead atoms. The second-order valence-corrected chi connectivity index (χ2v) is 7.10. The largest absolute Gasteiger partial charge is 0.497 e. The van der Waals surface area contributed by atoms with Gasteiger partial charge in [0.2, 0.25) is 0 Å². The highest BCUT2D eigenvalue weighted by atomic mass is 16.7. The van der Waals surface area contributed by atoms with Gasteiger partial charge in [0.15, 0.2) is 5.79 Å². The number of hydrogen-bond donors (Lipinski definition) is 1. The molecular weight excluding hydrogens is 354 g/mol. The van der Waals surface area contributed by atoms with Crippen molar-refractivity contribution in [2.45, 2.75) is 37.5 Å². The summed E-state index contributed by atoms with van der Waals surface area (Å²) in [5, 5.41) is 3.56. The molecule has 0 aromatic heterocycles. The molecule has 1 fully saturated rings. The predicted molar refractivity (Wildman–Crippen MR) is 110 cm³/mol. The standard InChI is InChI=1S/C23H31NO4/c1-5-22(24-2,18-9-7-6-8-10-18)11-12-23(27-13-14-28-23)19-15-20(25-3)17-21(16-19)26-4/h6-10,15-17,24H,5,11-14H2,1-4H3. The highest BCUT2D eigenvalue weighted by Gasteiger charge is 2.42. The molecule has 0 spiro atoms. The summed E-state index contributed by atoms with van der Waals surface area (Å²) < 4.78 is 23.3. The Balaban J connectivity index is 1.93. The van der Waals surface area contributed by atoms with Crippen LogP contribution in [0.25, 0.3) is 0 Å². The number of hydrogen-bond acceptors (Lipinski definition) is 5. The molecule has 2 aromatic carbocycles. The minimum absolute atomic E-state index is 0.146. The van der Waals surface area contributed by atoms with Crippen LogP contribution in [0.5, 0.6) is 11.5 Å². The van der Waals surface area contributed by atoms with Crippen LogP contribution in [0.4, 0.5) is 0 Å². The summed E-state index contributed by atoms with van der Waals surface area (Å²) in [5.41, 5.74) is 2.05. The van der Waals surface area contributed by atoms with E-state index < -0.39 is 5.79 Å². The van der Waals surface area contributed by atoms with Crippen LogP contribution in [0, 0.1) is 0 Å². The van der Waals surface area contributed by atoms with Gasteiger partial charge in [0, 0.05) is 23.6 Å². The van der Waals surface area contributed by atoms with Crippen LogP contribution in [-0.4, -0.2) is 34.5 Å². The van der Waals surface area contributed by atoms with Crippen LogP contribution in [0.15, 0.2) is 48.5 Å². The molecule has 1 aliphatic heterocycles. The minimum Gasteiger partial charge on any atom is -0.497 e. The number of methoxy groups -OCH3 is 2. The lowest BCUT2D eigenvalue weighted by Crippen LogP contribution is -2.41. The molecular formula is C23H31NO4. The quantitative estimate of drug-likeness (QED) is 0.701. The Kier molecular flexibility index (Phi) is 6.60. The average Bonchev–Trinajstić information content (AvgIpc) is 3.25. The van der Waals surface area contributed by atoms with E-state index in [0.717, 1.165) is 29.9 Å². The van der Waals surface area contributed by atoms with E-state index in [1.54, 1.807) is 14.2 Å². The Morgan fingerprint density at radius 3 is 2.11 bits per heavy atom. The maximum atomic E-state index is 6.18. The van der Waals surface area contributed by atoms with Crippen LogP contribution < -0.4 is 14.8 Å². The van der Waals surface area contributed by atoms with Crippen molar-refractivity contribution in [1.82, 2.24) is 5.32 Å².